The third-order valence-corrected chi connectivity index (χ3v) is 4.56. The van der Waals surface area contributed by atoms with E-state index in [0.29, 0.717) is 37.1 Å². The smallest absolute Gasteiger partial charge is 0.410 e. The third kappa shape index (κ3) is 2.83. The Bertz CT molecular complexity index is 1000. The van der Waals surface area contributed by atoms with Crippen molar-refractivity contribution >= 4 is 28.0 Å². The summed E-state index contributed by atoms with van der Waals surface area (Å²) in [5.74, 6) is 0.891. The van der Waals surface area contributed by atoms with E-state index >= 15 is 0 Å². The second-order valence-corrected chi connectivity index (χ2v) is 7.60. The quantitative estimate of drug-likeness (QED) is 0.459. The molecule has 0 radical (unpaired) electrons. The van der Waals surface area contributed by atoms with Crippen LogP contribution in [0.2, 0.25) is 0 Å². The average Bonchev–Trinajstić information content (AvgIpc) is 2.77. The molecule has 0 fully saturated rings. The fraction of sp³-hybridized carbons (Fsp3) is 0.421. The topological polar surface area (TPSA) is 74.3 Å². The van der Waals surface area contributed by atoms with Crippen molar-refractivity contribution in [3.8, 4) is 0 Å². The highest BCUT2D eigenvalue weighted by atomic mass is 16.6. The number of benzene rings is 1. The summed E-state index contributed by atoms with van der Waals surface area (Å²) in [6, 6.07) is 7.53. The molecule has 0 N–H and O–H groups in total. The summed E-state index contributed by atoms with van der Waals surface area (Å²) in [6.07, 6.45) is 1.86. The van der Waals surface area contributed by atoms with Crippen LogP contribution in [0.4, 0.5) is 4.79 Å². The molecule has 136 valence electrons. The Kier molecular flexibility index (Phi) is 3.75. The van der Waals surface area contributed by atoms with Crippen molar-refractivity contribution in [2.75, 3.05) is 13.1 Å². The van der Waals surface area contributed by atoms with Crippen LogP contribution in [0.15, 0.2) is 30.5 Å². The number of pyridine rings is 1. The minimum atomic E-state index is -0.512. The Morgan fingerprint density at radius 1 is 1.23 bits per heavy atom. The van der Waals surface area contributed by atoms with Gasteiger partial charge in [0.2, 0.25) is 11.7 Å². The number of fused-ring (bicyclic) bond motifs is 5. The SMILES string of the molecule is CC(C)(C)OC(=O)N1CCc2nc3c[n+]([O-])c4ccccc4c3n2CC1. The van der Waals surface area contributed by atoms with E-state index in [1.54, 1.807) is 4.90 Å². The van der Waals surface area contributed by atoms with Crippen molar-refractivity contribution < 1.29 is 14.3 Å². The molecule has 1 amide bonds. The van der Waals surface area contributed by atoms with Gasteiger partial charge in [-0.25, -0.2) is 9.78 Å². The van der Waals surface area contributed by atoms with Gasteiger partial charge in [0.1, 0.15) is 11.4 Å². The molecule has 1 aliphatic rings. The Morgan fingerprint density at radius 2 is 2.00 bits per heavy atom. The molecule has 0 spiro atoms. The van der Waals surface area contributed by atoms with Crippen molar-refractivity contribution in [2.24, 2.45) is 0 Å². The molecule has 2 aromatic heterocycles. The molecule has 3 aromatic rings. The van der Waals surface area contributed by atoms with Gasteiger partial charge in [0.15, 0.2) is 5.52 Å². The van der Waals surface area contributed by atoms with Crippen molar-refractivity contribution in [1.82, 2.24) is 14.5 Å². The molecule has 26 heavy (non-hydrogen) atoms. The number of aromatic nitrogens is 3. The number of amides is 1. The summed E-state index contributed by atoms with van der Waals surface area (Å²) < 4.78 is 8.49. The lowest BCUT2D eigenvalue weighted by Gasteiger charge is -2.26. The van der Waals surface area contributed by atoms with Gasteiger partial charge in [-0.1, -0.05) is 12.1 Å². The zero-order valence-corrected chi connectivity index (χ0v) is 15.2. The minimum absolute atomic E-state index is 0.296. The number of nitrogens with zero attached hydrogens (tertiary/aromatic N) is 4. The summed E-state index contributed by atoms with van der Waals surface area (Å²) in [5, 5.41) is 13.1. The first-order valence-corrected chi connectivity index (χ1v) is 8.81. The summed E-state index contributed by atoms with van der Waals surface area (Å²) in [6.45, 7) is 7.32. The fourth-order valence-corrected chi connectivity index (χ4v) is 3.45. The summed E-state index contributed by atoms with van der Waals surface area (Å²) in [5.41, 5.74) is 1.76. The molecule has 0 aliphatic carbocycles. The maximum atomic E-state index is 12.4. The van der Waals surface area contributed by atoms with E-state index in [2.05, 4.69) is 9.55 Å². The lowest BCUT2D eigenvalue weighted by Crippen LogP contribution is -2.38. The molecule has 1 aliphatic heterocycles. The van der Waals surface area contributed by atoms with E-state index in [1.165, 1.54) is 6.20 Å². The van der Waals surface area contributed by atoms with E-state index in [-0.39, 0.29) is 6.09 Å². The molecule has 3 heterocycles. The van der Waals surface area contributed by atoms with Crippen molar-refractivity contribution in [3.63, 3.8) is 0 Å². The van der Waals surface area contributed by atoms with Gasteiger partial charge in [0.25, 0.3) is 0 Å². The van der Waals surface area contributed by atoms with Gasteiger partial charge in [-0.05, 0) is 26.8 Å². The maximum absolute atomic E-state index is 12.4. The average molecular weight is 354 g/mol. The predicted molar refractivity (Wildman–Crippen MR) is 97.7 cm³/mol. The largest absolute Gasteiger partial charge is 0.618 e. The number of imidazole rings is 1. The lowest BCUT2D eigenvalue weighted by atomic mass is 10.2. The second kappa shape index (κ2) is 5.86. The van der Waals surface area contributed by atoms with Crippen LogP contribution >= 0.6 is 0 Å². The number of rotatable bonds is 0. The Balaban J connectivity index is 1.72. The molecule has 0 atom stereocenters. The van der Waals surface area contributed by atoms with Gasteiger partial charge in [-0.2, -0.15) is 4.73 Å². The summed E-state index contributed by atoms with van der Waals surface area (Å²) in [4.78, 5) is 18.8. The van der Waals surface area contributed by atoms with E-state index in [9.17, 15) is 10.0 Å². The van der Waals surface area contributed by atoms with Crippen LogP contribution in [0.1, 0.15) is 26.6 Å². The van der Waals surface area contributed by atoms with Gasteiger partial charge < -0.3 is 19.4 Å². The van der Waals surface area contributed by atoms with Crippen LogP contribution in [0, 0.1) is 5.21 Å². The van der Waals surface area contributed by atoms with Crippen LogP contribution in [-0.2, 0) is 17.7 Å². The van der Waals surface area contributed by atoms with Crippen LogP contribution in [-0.4, -0.2) is 39.2 Å². The van der Waals surface area contributed by atoms with E-state index in [0.717, 1.165) is 21.5 Å². The lowest BCUT2D eigenvalue weighted by molar-refractivity contribution is -0.575. The highest BCUT2D eigenvalue weighted by Gasteiger charge is 2.26. The number of carbonyl (C=O) groups is 1. The first-order chi connectivity index (χ1) is 12.3. The molecule has 7 nitrogen and oxygen atoms in total. The van der Waals surface area contributed by atoms with Gasteiger partial charge in [-0.15, -0.1) is 0 Å². The zero-order valence-electron chi connectivity index (χ0n) is 15.2. The third-order valence-electron chi connectivity index (χ3n) is 4.56. The zero-order chi connectivity index (χ0) is 18.5. The van der Waals surface area contributed by atoms with Gasteiger partial charge >= 0.3 is 6.09 Å². The fourth-order valence-electron chi connectivity index (χ4n) is 3.45. The number of ether oxygens (including phenoxy) is 1. The van der Waals surface area contributed by atoms with E-state index in [1.807, 2.05) is 45.0 Å². The summed E-state index contributed by atoms with van der Waals surface area (Å²) in [7, 11) is 0. The number of carbonyl (C=O) groups excluding carboxylic acids is 1. The van der Waals surface area contributed by atoms with E-state index in [4.69, 9.17) is 4.74 Å². The second-order valence-electron chi connectivity index (χ2n) is 7.60. The standard InChI is InChI=1S/C19H22N4O3/c1-19(2,3)26-18(24)21-9-8-16-20-14-12-23(25)15-7-5-4-6-13(15)17(14)22(16)11-10-21/h4-7,12H,8-11H2,1-3H3. The van der Waals surface area contributed by atoms with Crippen LogP contribution in [0.25, 0.3) is 21.9 Å². The predicted octanol–water partition coefficient (Wildman–Crippen LogP) is 2.62. The molecule has 0 saturated heterocycles. The first kappa shape index (κ1) is 16.6. The van der Waals surface area contributed by atoms with Gasteiger partial charge in [-0.3, -0.25) is 0 Å². The normalized spacial score (nSPS) is 15.1. The first-order valence-electron chi connectivity index (χ1n) is 8.81. The van der Waals surface area contributed by atoms with Crippen molar-refractivity contribution in [1.29, 1.82) is 0 Å². The monoisotopic (exact) mass is 354 g/mol. The number of hydrogen-bond acceptors (Lipinski definition) is 4. The van der Waals surface area contributed by atoms with Gasteiger partial charge in [0, 0.05) is 32.1 Å². The summed E-state index contributed by atoms with van der Waals surface area (Å²) >= 11 is 0. The van der Waals surface area contributed by atoms with Crippen LogP contribution in [0.3, 0.4) is 0 Å². The van der Waals surface area contributed by atoms with Crippen LogP contribution < -0.4 is 4.73 Å². The molecule has 0 unspecified atom stereocenters. The van der Waals surface area contributed by atoms with Crippen molar-refractivity contribution in [3.05, 3.63) is 41.5 Å². The Morgan fingerprint density at radius 3 is 2.77 bits per heavy atom. The van der Waals surface area contributed by atoms with Crippen molar-refractivity contribution in [2.45, 2.75) is 39.3 Å². The molecule has 4 rings (SSSR count). The molecule has 1 aromatic carbocycles. The van der Waals surface area contributed by atoms with Gasteiger partial charge in [0.05, 0.1) is 10.9 Å². The molecule has 0 saturated carbocycles. The minimum Gasteiger partial charge on any atom is -0.618 e. The highest BCUT2D eigenvalue weighted by molar-refractivity contribution is 6.00. The van der Waals surface area contributed by atoms with Crippen LogP contribution in [0.5, 0.6) is 0 Å². The molecule has 0 bridgehead atoms. The molecular weight excluding hydrogens is 332 g/mol. The Hall–Kier alpha value is -2.83. The maximum Gasteiger partial charge on any atom is 0.410 e. The molecular formula is C19H22N4O3. The Labute approximate surface area is 151 Å². The molecule has 7 heteroatoms. The number of hydrogen-bond donors (Lipinski definition) is 0. The van der Waals surface area contributed by atoms with E-state index < -0.39 is 5.60 Å². The number of para-hydroxylation sites is 1. The highest BCUT2D eigenvalue weighted by Crippen LogP contribution is 2.25.